The molecule has 1 saturated carbocycles. The third kappa shape index (κ3) is 4.12. The molecule has 2 aliphatic rings. The van der Waals surface area contributed by atoms with Gasteiger partial charge in [0.25, 0.3) is 11.1 Å². The van der Waals surface area contributed by atoms with Crippen LogP contribution in [0.25, 0.3) is 11.5 Å². The van der Waals surface area contributed by atoms with Gasteiger partial charge in [0.15, 0.2) is 9.84 Å². The van der Waals surface area contributed by atoms with E-state index in [-0.39, 0.29) is 35.2 Å². The fraction of sp³-hybridized carbons (Fsp3) is 0.611. The van der Waals surface area contributed by atoms with Crippen molar-refractivity contribution in [1.82, 2.24) is 15.1 Å². The normalized spacial score (nSPS) is 22.0. The second-order valence-corrected chi connectivity index (χ2v) is 10.5. The summed E-state index contributed by atoms with van der Waals surface area (Å²) in [6, 6.07) is 1.68. The van der Waals surface area contributed by atoms with Gasteiger partial charge in [-0.3, -0.25) is 4.79 Å². The van der Waals surface area contributed by atoms with Crippen molar-refractivity contribution in [3.63, 3.8) is 0 Å². The van der Waals surface area contributed by atoms with Gasteiger partial charge in [0.1, 0.15) is 5.76 Å². The number of furan rings is 1. The minimum Gasteiger partial charge on any atom is -0.469 e. The molecule has 2 aromatic rings. The van der Waals surface area contributed by atoms with Crippen molar-refractivity contribution >= 4 is 27.5 Å². The zero-order chi connectivity index (χ0) is 19.7. The Morgan fingerprint density at radius 1 is 1.25 bits per heavy atom. The molecule has 28 heavy (non-hydrogen) atoms. The Morgan fingerprint density at radius 3 is 2.68 bits per heavy atom. The number of hydrogen-bond donors (Lipinski definition) is 0. The standard InChI is InChI=1S/C18H23N3O5S2/c1-12-15(6-8-25-12)17-19-20-18(26-17)27-10-16(22)21(13-4-2-3-5-13)14-7-9-28(23,24)11-14/h6,8,13-14H,2-5,7,9-11H2,1H3/t14-/m1/s1. The molecule has 1 aliphatic carbocycles. The smallest absolute Gasteiger partial charge is 0.277 e. The van der Waals surface area contributed by atoms with Crippen molar-refractivity contribution in [1.29, 1.82) is 0 Å². The van der Waals surface area contributed by atoms with Crippen LogP contribution in [0.3, 0.4) is 0 Å². The quantitative estimate of drug-likeness (QED) is 0.650. The highest BCUT2D eigenvalue weighted by Gasteiger charge is 2.39. The SMILES string of the molecule is Cc1occc1-c1nnc(SCC(=O)N(C2CCCC2)[C@@H]2CCS(=O)(=O)C2)o1. The van der Waals surface area contributed by atoms with Crippen LogP contribution in [-0.4, -0.2) is 58.8 Å². The van der Waals surface area contributed by atoms with E-state index in [9.17, 15) is 13.2 Å². The fourth-order valence-corrected chi connectivity index (χ4v) is 6.41. The Hall–Kier alpha value is -1.81. The monoisotopic (exact) mass is 425 g/mol. The number of hydrogen-bond acceptors (Lipinski definition) is 8. The first-order chi connectivity index (χ1) is 13.4. The van der Waals surface area contributed by atoms with E-state index < -0.39 is 9.84 Å². The van der Waals surface area contributed by atoms with Crippen LogP contribution >= 0.6 is 11.8 Å². The molecule has 0 radical (unpaired) electrons. The van der Waals surface area contributed by atoms with Crippen molar-refractivity contribution in [2.75, 3.05) is 17.3 Å². The Morgan fingerprint density at radius 2 is 2.04 bits per heavy atom. The number of carbonyl (C=O) groups is 1. The van der Waals surface area contributed by atoms with Gasteiger partial charge in [-0.1, -0.05) is 24.6 Å². The molecule has 3 heterocycles. The summed E-state index contributed by atoms with van der Waals surface area (Å²) in [5.41, 5.74) is 0.731. The summed E-state index contributed by atoms with van der Waals surface area (Å²) in [6.07, 6.45) is 6.13. The first-order valence-electron chi connectivity index (χ1n) is 9.45. The lowest BCUT2D eigenvalue weighted by atomic mass is 10.1. The molecule has 1 amide bonds. The van der Waals surface area contributed by atoms with Gasteiger partial charge in [0, 0.05) is 12.1 Å². The van der Waals surface area contributed by atoms with Crippen LogP contribution < -0.4 is 0 Å². The van der Waals surface area contributed by atoms with Crippen molar-refractivity contribution < 1.29 is 22.0 Å². The van der Waals surface area contributed by atoms with E-state index in [0.29, 0.717) is 23.3 Å². The third-order valence-corrected chi connectivity index (χ3v) is 7.98. The minimum atomic E-state index is -3.05. The number of aromatic nitrogens is 2. The summed E-state index contributed by atoms with van der Waals surface area (Å²) in [4.78, 5) is 14.8. The topological polar surface area (TPSA) is 107 Å². The molecular weight excluding hydrogens is 402 g/mol. The second kappa shape index (κ2) is 7.90. The summed E-state index contributed by atoms with van der Waals surface area (Å²) in [6.45, 7) is 1.81. The van der Waals surface area contributed by atoms with E-state index >= 15 is 0 Å². The molecule has 0 bridgehead atoms. The summed E-state index contributed by atoms with van der Waals surface area (Å²) in [7, 11) is -3.05. The minimum absolute atomic E-state index is 0.0572. The molecule has 2 aromatic heterocycles. The molecule has 10 heteroatoms. The molecule has 1 aliphatic heterocycles. The molecular formula is C18H23N3O5S2. The Labute approximate surface area is 168 Å². The maximum Gasteiger partial charge on any atom is 0.277 e. The van der Waals surface area contributed by atoms with Crippen LogP contribution in [0.2, 0.25) is 0 Å². The molecule has 2 fully saturated rings. The van der Waals surface area contributed by atoms with Gasteiger partial charge < -0.3 is 13.7 Å². The summed E-state index contributed by atoms with van der Waals surface area (Å²) in [5, 5.41) is 8.33. The number of sulfone groups is 1. The van der Waals surface area contributed by atoms with E-state index in [4.69, 9.17) is 8.83 Å². The van der Waals surface area contributed by atoms with Crippen molar-refractivity contribution in [2.45, 2.75) is 56.3 Å². The number of thioether (sulfide) groups is 1. The first kappa shape index (κ1) is 19.5. The number of amides is 1. The van der Waals surface area contributed by atoms with Crippen molar-refractivity contribution in [3.05, 3.63) is 18.1 Å². The van der Waals surface area contributed by atoms with Gasteiger partial charge in [-0.15, -0.1) is 10.2 Å². The van der Waals surface area contributed by atoms with Crippen LogP contribution in [0.4, 0.5) is 0 Å². The van der Waals surface area contributed by atoms with Gasteiger partial charge in [-0.2, -0.15) is 0 Å². The predicted octanol–water partition coefficient (Wildman–Crippen LogP) is 2.69. The largest absolute Gasteiger partial charge is 0.469 e. The van der Waals surface area contributed by atoms with E-state index in [0.717, 1.165) is 31.2 Å². The second-order valence-electron chi connectivity index (χ2n) is 7.35. The van der Waals surface area contributed by atoms with E-state index in [1.807, 2.05) is 11.8 Å². The van der Waals surface area contributed by atoms with E-state index in [1.54, 1.807) is 12.3 Å². The summed E-state index contributed by atoms with van der Waals surface area (Å²) >= 11 is 1.19. The van der Waals surface area contributed by atoms with Gasteiger partial charge in [-0.05, 0) is 32.3 Å². The molecule has 8 nitrogen and oxygen atoms in total. The summed E-state index contributed by atoms with van der Waals surface area (Å²) < 4.78 is 34.7. The van der Waals surface area contributed by atoms with Crippen molar-refractivity contribution in [2.24, 2.45) is 0 Å². The zero-order valence-corrected chi connectivity index (χ0v) is 17.3. The van der Waals surface area contributed by atoms with E-state index in [2.05, 4.69) is 10.2 Å². The predicted molar refractivity (Wildman–Crippen MR) is 104 cm³/mol. The van der Waals surface area contributed by atoms with Crippen LogP contribution in [0.5, 0.6) is 0 Å². The van der Waals surface area contributed by atoms with Crippen LogP contribution in [0.1, 0.15) is 37.9 Å². The number of rotatable bonds is 6. The van der Waals surface area contributed by atoms with Gasteiger partial charge in [0.2, 0.25) is 5.91 Å². The zero-order valence-electron chi connectivity index (χ0n) is 15.7. The Bertz CT molecular complexity index is 946. The van der Waals surface area contributed by atoms with Crippen LogP contribution in [0, 0.1) is 6.92 Å². The van der Waals surface area contributed by atoms with E-state index in [1.165, 1.54) is 11.8 Å². The van der Waals surface area contributed by atoms with Gasteiger partial charge >= 0.3 is 0 Å². The lowest BCUT2D eigenvalue weighted by Crippen LogP contribution is -2.47. The van der Waals surface area contributed by atoms with Gasteiger partial charge in [-0.25, -0.2) is 8.42 Å². The molecule has 0 unspecified atom stereocenters. The van der Waals surface area contributed by atoms with Crippen LogP contribution in [-0.2, 0) is 14.6 Å². The molecule has 4 rings (SSSR count). The fourth-order valence-electron chi connectivity index (χ4n) is 4.06. The molecule has 0 N–H and O–H groups in total. The number of aryl methyl sites for hydroxylation is 1. The maximum atomic E-state index is 13.0. The van der Waals surface area contributed by atoms with Crippen LogP contribution in [0.15, 0.2) is 26.4 Å². The number of carbonyl (C=O) groups excluding carboxylic acids is 1. The lowest BCUT2D eigenvalue weighted by molar-refractivity contribution is -0.132. The Kier molecular flexibility index (Phi) is 5.50. The maximum absolute atomic E-state index is 13.0. The summed E-state index contributed by atoms with van der Waals surface area (Å²) in [5.74, 6) is 1.38. The first-order valence-corrected chi connectivity index (χ1v) is 12.3. The molecule has 1 saturated heterocycles. The lowest BCUT2D eigenvalue weighted by Gasteiger charge is -2.34. The highest BCUT2D eigenvalue weighted by Crippen LogP contribution is 2.31. The third-order valence-electron chi connectivity index (χ3n) is 5.42. The molecule has 0 spiro atoms. The average molecular weight is 426 g/mol. The molecule has 0 aromatic carbocycles. The van der Waals surface area contributed by atoms with Gasteiger partial charge in [0.05, 0.1) is 29.1 Å². The molecule has 152 valence electrons. The average Bonchev–Trinajstić information content (AvgIpc) is 3.42. The highest BCUT2D eigenvalue weighted by atomic mass is 32.2. The highest BCUT2D eigenvalue weighted by molar-refractivity contribution is 7.99. The Balaban J connectivity index is 1.43. The number of nitrogens with zero attached hydrogens (tertiary/aromatic N) is 3. The van der Waals surface area contributed by atoms with Crippen molar-refractivity contribution in [3.8, 4) is 11.5 Å². The molecule has 1 atom stereocenters.